The number of aliphatic hydroxyl groups excluding tert-OH is 1. The first-order valence-corrected chi connectivity index (χ1v) is 8.55. The van der Waals surface area contributed by atoms with E-state index in [4.69, 9.17) is 11.2 Å². The van der Waals surface area contributed by atoms with Crippen LogP contribution in [0.3, 0.4) is 0 Å². The molecule has 0 spiro atoms. The van der Waals surface area contributed by atoms with Gasteiger partial charge >= 0.3 is 0 Å². The highest BCUT2D eigenvalue weighted by Crippen LogP contribution is 2.18. The molecule has 1 atom stereocenters. The van der Waals surface area contributed by atoms with Crippen LogP contribution in [0.25, 0.3) is 0 Å². The highest BCUT2D eigenvalue weighted by molar-refractivity contribution is 5.33. The van der Waals surface area contributed by atoms with Gasteiger partial charge in [-0.05, 0) is 51.4 Å². The monoisotopic (exact) mass is 316 g/mol. The zero-order valence-corrected chi connectivity index (χ0v) is 13.8. The summed E-state index contributed by atoms with van der Waals surface area (Å²) < 4.78 is 5.55. The molecule has 0 bridgehead atoms. The van der Waals surface area contributed by atoms with Crippen molar-refractivity contribution in [1.29, 1.82) is 0 Å². The average Bonchev–Trinajstić information content (AvgIpc) is 3.04. The number of nitrogens with zero attached hydrogens (tertiary/aromatic N) is 1. The van der Waals surface area contributed by atoms with Crippen LogP contribution in [0.1, 0.15) is 31.2 Å². The molecule has 0 aromatic heterocycles. The molecule has 2 rings (SSSR count). The van der Waals surface area contributed by atoms with Crippen LogP contribution in [-0.4, -0.2) is 48.9 Å². The summed E-state index contributed by atoms with van der Waals surface area (Å²) in [4.78, 5) is 2.42. The normalized spacial score (nSPS) is 18.0. The molecule has 0 saturated carbocycles. The summed E-state index contributed by atoms with van der Waals surface area (Å²) in [6, 6.07) is 8.39. The lowest BCUT2D eigenvalue weighted by Crippen LogP contribution is -2.33. The summed E-state index contributed by atoms with van der Waals surface area (Å²) in [7, 11) is 0. The van der Waals surface area contributed by atoms with Gasteiger partial charge in [-0.1, -0.05) is 24.1 Å². The molecule has 23 heavy (non-hydrogen) atoms. The molecule has 4 heteroatoms. The van der Waals surface area contributed by atoms with E-state index in [0.717, 1.165) is 50.3 Å². The third-order valence-electron chi connectivity index (χ3n) is 4.36. The number of para-hydroxylation sites is 1. The molecule has 1 unspecified atom stereocenters. The molecule has 1 fully saturated rings. The maximum absolute atomic E-state index is 9.31. The Bertz CT molecular complexity index is 498. The lowest BCUT2D eigenvalue weighted by atomic mass is 10.2. The van der Waals surface area contributed by atoms with E-state index in [9.17, 15) is 5.11 Å². The van der Waals surface area contributed by atoms with E-state index in [1.165, 1.54) is 12.8 Å². The number of rotatable bonds is 10. The van der Waals surface area contributed by atoms with E-state index in [1.54, 1.807) is 0 Å². The molecule has 1 saturated heterocycles. The largest absolute Gasteiger partial charge is 0.481 e. The van der Waals surface area contributed by atoms with E-state index in [1.807, 2.05) is 18.2 Å². The Morgan fingerprint density at radius 1 is 1.35 bits per heavy atom. The molecule has 1 aliphatic heterocycles. The van der Waals surface area contributed by atoms with Gasteiger partial charge in [-0.15, -0.1) is 6.42 Å². The Labute approximate surface area is 139 Å². The molecule has 0 radical (unpaired) electrons. The molecule has 2 N–H and O–H groups in total. The number of hydrogen-bond donors (Lipinski definition) is 2. The van der Waals surface area contributed by atoms with Crippen LogP contribution in [0.4, 0.5) is 0 Å². The van der Waals surface area contributed by atoms with Gasteiger partial charge in [-0.25, -0.2) is 0 Å². The Morgan fingerprint density at radius 3 is 3.04 bits per heavy atom. The third kappa shape index (κ3) is 5.87. The Kier molecular flexibility index (Phi) is 7.96. The summed E-state index contributed by atoms with van der Waals surface area (Å²) in [6.45, 7) is 4.61. The number of benzene rings is 1. The van der Waals surface area contributed by atoms with Gasteiger partial charge in [-0.3, -0.25) is 4.90 Å². The zero-order valence-electron chi connectivity index (χ0n) is 13.8. The van der Waals surface area contributed by atoms with Crippen molar-refractivity contribution in [2.24, 2.45) is 0 Å². The highest BCUT2D eigenvalue weighted by Gasteiger charge is 2.22. The first kappa shape index (κ1) is 17.8. The van der Waals surface area contributed by atoms with Gasteiger partial charge in [0.1, 0.15) is 12.4 Å². The number of terminal acetylenes is 1. The number of hydrogen-bond acceptors (Lipinski definition) is 4. The average molecular weight is 316 g/mol. The number of likely N-dealkylation sites (tertiary alicyclic amines) is 1. The van der Waals surface area contributed by atoms with Crippen molar-refractivity contribution in [3.05, 3.63) is 29.8 Å². The lowest BCUT2D eigenvalue weighted by molar-refractivity contribution is 0.157. The van der Waals surface area contributed by atoms with Crippen LogP contribution in [0, 0.1) is 12.3 Å². The Hall–Kier alpha value is -1.54. The van der Waals surface area contributed by atoms with Gasteiger partial charge in [0, 0.05) is 18.2 Å². The van der Waals surface area contributed by atoms with Crippen molar-refractivity contribution in [3.8, 4) is 18.1 Å². The number of unbranched alkanes of at least 4 members (excludes halogenated alkanes) is 1. The number of ether oxygens (including phenoxy) is 1. The van der Waals surface area contributed by atoms with Gasteiger partial charge < -0.3 is 15.2 Å². The molecule has 126 valence electrons. The van der Waals surface area contributed by atoms with Crippen molar-refractivity contribution >= 4 is 0 Å². The number of nitrogens with one attached hydrogen (secondary N) is 1. The summed E-state index contributed by atoms with van der Waals surface area (Å²) in [5.74, 6) is 3.36. The van der Waals surface area contributed by atoms with Gasteiger partial charge in [0.05, 0.1) is 6.61 Å². The molecule has 1 heterocycles. The van der Waals surface area contributed by atoms with Gasteiger partial charge in [0.2, 0.25) is 0 Å². The fourth-order valence-electron chi connectivity index (χ4n) is 3.09. The van der Waals surface area contributed by atoms with Crippen LogP contribution in [0.2, 0.25) is 0 Å². The predicted molar refractivity (Wildman–Crippen MR) is 93.4 cm³/mol. The quantitative estimate of drug-likeness (QED) is 0.512. The van der Waals surface area contributed by atoms with Crippen LogP contribution >= 0.6 is 0 Å². The van der Waals surface area contributed by atoms with Crippen molar-refractivity contribution in [1.82, 2.24) is 10.2 Å². The molecular weight excluding hydrogens is 288 g/mol. The van der Waals surface area contributed by atoms with Gasteiger partial charge in [0.25, 0.3) is 0 Å². The fraction of sp³-hybridized carbons (Fsp3) is 0.579. The van der Waals surface area contributed by atoms with E-state index in [-0.39, 0.29) is 0 Å². The van der Waals surface area contributed by atoms with Gasteiger partial charge in [-0.2, -0.15) is 0 Å². The standard InChI is InChI=1S/C19H28N2O2/c1-2-14-23-19-10-4-3-8-17(19)15-20-11-5-6-12-21-13-7-9-18(21)16-22/h1,3-4,8,10,18,20,22H,5-7,9,11-16H2. The maximum atomic E-state index is 9.31. The van der Waals surface area contributed by atoms with E-state index < -0.39 is 0 Å². The van der Waals surface area contributed by atoms with E-state index in [0.29, 0.717) is 19.3 Å². The summed E-state index contributed by atoms with van der Waals surface area (Å²) in [5.41, 5.74) is 1.14. The molecule has 1 aromatic carbocycles. The van der Waals surface area contributed by atoms with Crippen molar-refractivity contribution in [3.63, 3.8) is 0 Å². The van der Waals surface area contributed by atoms with Crippen LogP contribution in [-0.2, 0) is 6.54 Å². The third-order valence-corrected chi connectivity index (χ3v) is 4.36. The fourth-order valence-corrected chi connectivity index (χ4v) is 3.09. The summed E-state index contributed by atoms with van der Waals surface area (Å²) in [6.07, 6.45) is 9.91. The second-order valence-electron chi connectivity index (χ2n) is 6.00. The topological polar surface area (TPSA) is 44.7 Å². The van der Waals surface area contributed by atoms with E-state index >= 15 is 0 Å². The summed E-state index contributed by atoms with van der Waals surface area (Å²) in [5, 5.41) is 12.8. The minimum Gasteiger partial charge on any atom is -0.481 e. The summed E-state index contributed by atoms with van der Waals surface area (Å²) >= 11 is 0. The maximum Gasteiger partial charge on any atom is 0.148 e. The second kappa shape index (κ2) is 10.3. The minimum atomic E-state index is 0.298. The van der Waals surface area contributed by atoms with Crippen LogP contribution < -0.4 is 10.1 Å². The molecule has 1 aliphatic rings. The lowest BCUT2D eigenvalue weighted by Gasteiger charge is -2.22. The van der Waals surface area contributed by atoms with Crippen LogP contribution in [0.5, 0.6) is 5.75 Å². The van der Waals surface area contributed by atoms with Crippen molar-refractivity contribution in [2.45, 2.75) is 38.3 Å². The SMILES string of the molecule is C#CCOc1ccccc1CNCCCCN1CCCC1CO. The number of aliphatic hydroxyl groups is 1. The zero-order chi connectivity index (χ0) is 16.3. The van der Waals surface area contributed by atoms with Crippen LogP contribution in [0.15, 0.2) is 24.3 Å². The van der Waals surface area contributed by atoms with Crippen molar-refractivity contribution < 1.29 is 9.84 Å². The molecular formula is C19H28N2O2. The van der Waals surface area contributed by atoms with Gasteiger partial charge in [0.15, 0.2) is 0 Å². The molecule has 1 aromatic rings. The molecule has 0 aliphatic carbocycles. The first-order valence-electron chi connectivity index (χ1n) is 8.55. The smallest absolute Gasteiger partial charge is 0.148 e. The van der Waals surface area contributed by atoms with Crippen molar-refractivity contribution in [2.75, 3.05) is 32.8 Å². The minimum absolute atomic E-state index is 0.298. The highest BCUT2D eigenvalue weighted by atomic mass is 16.5. The molecule has 4 nitrogen and oxygen atoms in total. The first-order chi connectivity index (χ1) is 11.3. The Morgan fingerprint density at radius 2 is 2.22 bits per heavy atom. The van der Waals surface area contributed by atoms with E-state index in [2.05, 4.69) is 22.2 Å². The molecule has 0 amide bonds. The predicted octanol–water partition coefficient (Wildman–Crippen LogP) is 2.03. The second-order valence-corrected chi connectivity index (χ2v) is 6.00. The Balaban J connectivity index is 1.61.